The van der Waals surface area contributed by atoms with Crippen molar-refractivity contribution >= 4 is 13.0 Å². The molecule has 0 aromatic heterocycles. The number of hydrogen-bond donors (Lipinski definition) is 0. The van der Waals surface area contributed by atoms with Crippen LogP contribution in [-0.2, 0) is 0 Å². The van der Waals surface area contributed by atoms with E-state index in [0.29, 0.717) is 11.8 Å². The molecule has 47 valence electrons. The standard InChI is InChI=1S/C8H12B/c1-3-7-4-6(2)8(9)5-7/h3,6-7H,1,4-5H2,2H3. The summed E-state index contributed by atoms with van der Waals surface area (Å²) in [6.07, 6.45) is 4.27. The number of rotatable bonds is 1. The Labute approximate surface area is 58.0 Å². The van der Waals surface area contributed by atoms with E-state index in [0.717, 1.165) is 11.9 Å². The van der Waals surface area contributed by atoms with Gasteiger partial charge in [0.05, 0.1) is 0 Å². The molecule has 2 unspecified atom stereocenters. The molecule has 1 rings (SSSR count). The van der Waals surface area contributed by atoms with Crippen LogP contribution in [0.4, 0.5) is 0 Å². The van der Waals surface area contributed by atoms with Gasteiger partial charge < -0.3 is 0 Å². The molecule has 1 saturated carbocycles. The molecule has 1 heteroatoms. The van der Waals surface area contributed by atoms with E-state index in [-0.39, 0.29) is 0 Å². The first-order valence-electron chi connectivity index (χ1n) is 3.47. The minimum absolute atomic E-state index is 0.619. The summed E-state index contributed by atoms with van der Waals surface area (Å²) >= 11 is 0. The van der Waals surface area contributed by atoms with E-state index in [4.69, 9.17) is 7.49 Å². The van der Waals surface area contributed by atoms with Crippen molar-refractivity contribution in [2.45, 2.75) is 19.8 Å². The molecule has 0 N–H and O–H groups in total. The van der Waals surface area contributed by atoms with E-state index in [9.17, 15) is 0 Å². The van der Waals surface area contributed by atoms with Crippen molar-refractivity contribution in [3.8, 4) is 0 Å². The van der Waals surface area contributed by atoms with Crippen LogP contribution >= 0.6 is 0 Å². The summed E-state index contributed by atoms with van der Waals surface area (Å²) in [4.78, 5) is 0. The molecule has 0 bridgehead atoms. The van der Waals surface area contributed by atoms with Crippen LogP contribution in [0, 0.1) is 11.8 Å². The predicted molar refractivity (Wildman–Crippen MR) is 42.8 cm³/mol. The van der Waals surface area contributed by atoms with Crippen molar-refractivity contribution in [3.63, 3.8) is 0 Å². The van der Waals surface area contributed by atoms with Crippen LogP contribution in [0.15, 0.2) is 12.7 Å². The second kappa shape index (κ2) is 2.51. The molecule has 0 heterocycles. The molecule has 0 saturated heterocycles. The van der Waals surface area contributed by atoms with E-state index in [1.165, 1.54) is 6.42 Å². The molecule has 0 aromatic carbocycles. The van der Waals surface area contributed by atoms with Crippen molar-refractivity contribution in [2.24, 2.45) is 11.8 Å². The number of hydrogen-bond acceptors (Lipinski definition) is 0. The van der Waals surface area contributed by atoms with Gasteiger partial charge in [-0.1, -0.05) is 0 Å². The van der Waals surface area contributed by atoms with Crippen molar-refractivity contribution in [1.29, 1.82) is 0 Å². The molecule has 1 aliphatic carbocycles. The molecule has 0 amide bonds. The molecule has 1 radical (unpaired) electrons. The van der Waals surface area contributed by atoms with E-state index in [1.54, 1.807) is 0 Å². The Morgan fingerprint density at radius 2 is 2.44 bits per heavy atom. The fourth-order valence-electron chi connectivity index (χ4n) is 1.37. The van der Waals surface area contributed by atoms with Gasteiger partial charge in [0.15, 0.2) is 0 Å². The summed E-state index contributed by atoms with van der Waals surface area (Å²) in [5.74, 6) is 1.27. The molecule has 1 aliphatic rings. The topological polar surface area (TPSA) is 0 Å². The Bertz CT molecular complexity index is 138. The van der Waals surface area contributed by atoms with Crippen LogP contribution in [0.5, 0.6) is 0 Å². The summed E-state index contributed by atoms with van der Waals surface area (Å²) in [6, 6.07) is 0. The van der Waals surface area contributed by atoms with E-state index in [1.807, 2.05) is 6.08 Å². The second-order valence-corrected chi connectivity index (χ2v) is 2.91. The normalized spacial score (nSPS) is 34.9. The van der Waals surface area contributed by atoms with Gasteiger partial charge in [0.25, 0.3) is 0 Å². The molecule has 0 nitrogen and oxygen atoms in total. The third-order valence-electron chi connectivity index (χ3n) is 2.12. The minimum atomic E-state index is 0.619. The number of allylic oxidation sites excluding steroid dienone is 1. The van der Waals surface area contributed by atoms with Crippen molar-refractivity contribution in [2.75, 3.05) is 0 Å². The zero-order chi connectivity index (χ0) is 6.85. The summed E-state index contributed by atoms with van der Waals surface area (Å²) in [6.45, 7) is 5.92. The van der Waals surface area contributed by atoms with Gasteiger partial charge in [0.2, 0.25) is 0 Å². The molecule has 0 aromatic rings. The van der Waals surface area contributed by atoms with Gasteiger partial charge in [-0.2, -0.15) is 0 Å². The Balaban J connectivity index is 2.53. The van der Waals surface area contributed by atoms with Crippen LogP contribution in [-0.4, -0.2) is 13.0 Å². The summed E-state index contributed by atoms with van der Waals surface area (Å²) in [5.41, 5.74) is 1.15. The zero-order valence-corrected chi connectivity index (χ0v) is 5.93. The van der Waals surface area contributed by atoms with Crippen LogP contribution in [0.25, 0.3) is 0 Å². The summed E-state index contributed by atoms with van der Waals surface area (Å²) < 4.78 is 0. The van der Waals surface area contributed by atoms with Crippen molar-refractivity contribution in [1.82, 2.24) is 0 Å². The van der Waals surface area contributed by atoms with Gasteiger partial charge in [0.1, 0.15) is 0 Å². The summed E-state index contributed by atoms with van der Waals surface area (Å²) in [5, 5.41) is 0. The van der Waals surface area contributed by atoms with Gasteiger partial charge in [0, 0.05) is 0 Å². The average Bonchev–Trinajstić information content (AvgIpc) is 2.13. The Morgan fingerprint density at radius 1 is 1.78 bits per heavy atom. The van der Waals surface area contributed by atoms with Crippen molar-refractivity contribution in [3.05, 3.63) is 12.7 Å². The van der Waals surface area contributed by atoms with Gasteiger partial charge in [-0.25, -0.2) is 0 Å². The second-order valence-electron chi connectivity index (χ2n) is 2.91. The predicted octanol–water partition coefficient (Wildman–Crippen LogP) is 1.56. The first-order valence-corrected chi connectivity index (χ1v) is 3.47. The fraction of sp³-hybridized carbons (Fsp3) is 0.625. The molecule has 0 aliphatic heterocycles. The quantitative estimate of drug-likeness (QED) is 0.363. The van der Waals surface area contributed by atoms with Crippen LogP contribution < -0.4 is 0 Å². The van der Waals surface area contributed by atoms with Crippen molar-refractivity contribution < 1.29 is 0 Å². The monoisotopic (exact) mass is 119 g/mol. The third kappa shape index (κ3) is 1.32. The molecule has 0 spiro atoms. The molecule has 9 heavy (non-hydrogen) atoms. The average molecular weight is 119 g/mol. The maximum atomic E-state index is 5.71. The SMILES string of the molecule is [B]=C1CC(C=C)CC1C. The van der Waals surface area contributed by atoms with Crippen LogP contribution in [0.3, 0.4) is 0 Å². The Morgan fingerprint density at radius 3 is 2.67 bits per heavy atom. The van der Waals surface area contributed by atoms with E-state index >= 15 is 0 Å². The molecule has 1 fully saturated rings. The Hall–Kier alpha value is -0.325. The molecular weight excluding hydrogens is 107 g/mol. The van der Waals surface area contributed by atoms with Gasteiger partial charge in [-0.15, -0.1) is 0 Å². The van der Waals surface area contributed by atoms with Crippen LogP contribution in [0.1, 0.15) is 19.8 Å². The van der Waals surface area contributed by atoms with Gasteiger partial charge in [-0.05, 0) is 0 Å². The third-order valence-corrected chi connectivity index (χ3v) is 2.12. The fourth-order valence-corrected chi connectivity index (χ4v) is 1.37. The van der Waals surface area contributed by atoms with Gasteiger partial charge in [-0.3, -0.25) is 0 Å². The molecular formula is C8H12B. The van der Waals surface area contributed by atoms with E-state index < -0.39 is 0 Å². The van der Waals surface area contributed by atoms with E-state index in [2.05, 4.69) is 13.5 Å². The summed E-state index contributed by atoms with van der Waals surface area (Å²) in [7, 11) is 5.71. The maximum absolute atomic E-state index is 5.71. The first-order chi connectivity index (χ1) is 4.24. The first kappa shape index (κ1) is 6.79. The Kier molecular flexibility index (Phi) is 1.89. The molecule has 2 atom stereocenters. The zero-order valence-electron chi connectivity index (χ0n) is 5.93. The van der Waals surface area contributed by atoms with Crippen LogP contribution in [0.2, 0.25) is 0 Å². The van der Waals surface area contributed by atoms with Gasteiger partial charge >= 0.3 is 57.2 Å².